The highest BCUT2D eigenvalue weighted by atomic mass is 19.1. The van der Waals surface area contributed by atoms with Crippen molar-refractivity contribution >= 4 is 5.91 Å². The molecule has 0 atom stereocenters. The maximum absolute atomic E-state index is 13.2. The van der Waals surface area contributed by atoms with Crippen LogP contribution in [-0.2, 0) is 0 Å². The topological polar surface area (TPSA) is 32.3 Å². The second-order valence-corrected chi connectivity index (χ2v) is 5.37. The van der Waals surface area contributed by atoms with Crippen LogP contribution in [0.2, 0.25) is 0 Å². The molecule has 0 aliphatic heterocycles. The van der Waals surface area contributed by atoms with Crippen LogP contribution in [0.15, 0.2) is 18.2 Å². The molecule has 1 fully saturated rings. The van der Waals surface area contributed by atoms with Gasteiger partial charge in [-0.15, -0.1) is 0 Å². The van der Waals surface area contributed by atoms with Gasteiger partial charge >= 0.3 is 0 Å². The minimum Gasteiger partial charge on any atom is -0.339 e. The molecule has 0 heterocycles. The van der Waals surface area contributed by atoms with Crippen molar-refractivity contribution in [2.45, 2.75) is 37.8 Å². The normalized spacial score (nSPS) is 22.6. The van der Waals surface area contributed by atoms with E-state index in [9.17, 15) is 13.6 Å². The summed E-state index contributed by atoms with van der Waals surface area (Å²) in [6.07, 6.45) is 3.84. The monoisotopic (exact) mass is 282 g/mol. The third-order valence-electron chi connectivity index (χ3n) is 4.08. The first kappa shape index (κ1) is 14.9. The number of amides is 1. The SMILES string of the molecule is CNC1CCC(N(C)C(=O)c2cc(F)cc(F)c2)CC1. The zero-order valence-electron chi connectivity index (χ0n) is 11.8. The number of nitrogens with one attached hydrogen (secondary N) is 1. The van der Waals surface area contributed by atoms with E-state index in [0.29, 0.717) is 6.04 Å². The fourth-order valence-electron chi connectivity index (χ4n) is 2.80. The minimum atomic E-state index is -0.722. The molecule has 0 spiro atoms. The zero-order chi connectivity index (χ0) is 14.7. The summed E-state index contributed by atoms with van der Waals surface area (Å²) in [4.78, 5) is 13.9. The molecule has 0 unspecified atom stereocenters. The van der Waals surface area contributed by atoms with Crippen LogP contribution in [0.5, 0.6) is 0 Å². The highest BCUT2D eigenvalue weighted by molar-refractivity contribution is 5.94. The molecular formula is C15H20F2N2O. The minimum absolute atomic E-state index is 0.0701. The molecule has 0 saturated heterocycles. The van der Waals surface area contributed by atoms with Gasteiger partial charge in [0, 0.05) is 30.8 Å². The van der Waals surface area contributed by atoms with Crippen molar-refractivity contribution in [2.75, 3.05) is 14.1 Å². The molecule has 110 valence electrons. The largest absolute Gasteiger partial charge is 0.339 e. The van der Waals surface area contributed by atoms with Gasteiger partial charge in [0.25, 0.3) is 5.91 Å². The number of carbonyl (C=O) groups excluding carboxylic acids is 1. The van der Waals surface area contributed by atoms with Gasteiger partial charge in [0.05, 0.1) is 0 Å². The summed E-state index contributed by atoms with van der Waals surface area (Å²) >= 11 is 0. The molecule has 1 aliphatic carbocycles. The molecule has 0 radical (unpaired) electrons. The molecule has 5 heteroatoms. The number of rotatable bonds is 3. The average molecular weight is 282 g/mol. The van der Waals surface area contributed by atoms with Crippen molar-refractivity contribution in [3.63, 3.8) is 0 Å². The van der Waals surface area contributed by atoms with Crippen LogP contribution in [0.4, 0.5) is 8.78 Å². The first-order valence-electron chi connectivity index (χ1n) is 6.91. The van der Waals surface area contributed by atoms with Crippen molar-refractivity contribution in [1.29, 1.82) is 0 Å². The Morgan fingerprint density at radius 3 is 2.20 bits per heavy atom. The van der Waals surface area contributed by atoms with E-state index in [1.807, 2.05) is 7.05 Å². The van der Waals surface area contributed by atoms with Crippen LogP contribution in [0, 0.1) is 11.6 Å². The van der Waals surface area contributed by atoms with Crippen molar-refractivity contribution in [3.05, 3.63) is 35.4 Å². The second-order valence-electron chi connectivity index (χ2n) is 5.37. The van der Waals surface area contributed by atoms with Crippen molar-refractivity contribution in [3.8, 4) is 0 Å². The van der Waals surface area contributed by atoms with E-state index in [2.05, 4.69) is 5.32 Å². The van der Waals surface area contributed by atoms with Gasteiger partial charge < -0.3 is 10.2 Å². The van der Waals surface area contributed by atoms with Crippen molar-refractivity contribution in [1.82, 2.24) is 10.2 Å². The van der Waals surface area contributed by atoms with Crippen LogP contribution in [0.25, 0.3) is 0 Å². The van der Waals surface area contributed by atoms with E-state index in [1.54, 1.807) is 11.9 Å². The molecule has 3 nitrogen and oxygen atoms in total. The number of halogens is 2. The van der Waals surface area contributed by atoms with Gasteiger partial charge in [-0.05, 0) is 44.9 Å². The quantitative estimate of drug-likeness (QED) is 0.924. The third kappa shape index (κ3) is 3.33. The second kappa shape index (κ2) is 6.31. The predicted molar refractivity (Wildman–Crippen MR) is 73.6 cm³/mol. The first-order chi connectivity index (χ1) is 9.51. The summed E-state index contributed by atoms with van der Waals surface area (Å²) < 4.78 is 26.3. The molecule has 0 aromatic heterocycles. The maximum Gasteiger partial charge on any atom is 0.254 e. The fourth-order valence-corrected chi connectivity index (χ4v) is 2.80. The molecule has 1 N–H and O–H groups in total. The molecule has 1 amide bonds. The van der Waals surface area contributed by atoms with Crippen LogP contribution in [0.1, 0.15) is 36.0 Å². The van der Waals surface area contributed by atoms with Crippen LogP contribution in [0.3, 0.4) is 0 Å². The van der Waals surface area contributed by atoms with Crippen molar-refractivity contribution < 1.29 is 13.6 Å². The summed E-state index contributed by atoms with van der Waals surface area (Å²) in [5, 5.41) is 3.24. The van der Waals surface area contributed by atoms with E-state index < -0.39 is 11.6 Å². The lowest BCUT2D eigenvalue weighted by atomic mass is 9.90. The molecule has 1 aliphatic rings. The highest BCUT2D eigenvalue weighted by Gasteiger charge is 2.26. The Morgan fingerprint density at radius 2 is 1.70 bits per heavy atom. The molecule has 1 aromatic rings. The van der Waals surface area contributed by atoms with Crippen LogP contribution < -0.4 is 5.32 Å². The predicted octanol–water partition coefficient (Wildman–Crippen LogP) is 2.57. The lowest BCUT2D eigenvalue weighted by Gasteiger charge is -2.34. The smallest absolute Gasteiger partial charge is 0.254 e. The fraction of sp³-hybridized carbons (Fsp3) is 0.533. The van der Waals surface area contributed by atoms with E-state index in [1.165, 1.54) is 0 Å². The van der Waals surface area contributed by atoms with Gasteiger partial charge in [-0.1, -0.05) is 0 Å². The van der Waals surface area contributed by atoms with E-state index in [4.69, 9.17) is 0 Å². The Labute approximate surface area is 118 Å². The Kier molecular flexibility index (Phi) is 4.70. The number of benzene rings is 1. The molecular weight excluding hydrogens is 262 g/mol. The molecule has 1 saturated carbocycles. The summed E-state index contributed by atoms with van der Waals surface area (Å²) in [5.41, 5.74) is 0.0701. The van der Waals surface area contributed by atoms with Gasteiger partial charge in [-0.2, -0.15) is 0 Å². The summed E-state index contributed by atoms with van der Waals surface area (Å²) in [6.45, 7) is 0. The zero-order valence-corrected chi connectivity index (χ0v) is 11.8. The summed E-state index contributed by atoms with van der Waals surface area (Å²) in [7, 11) is 3.64. The first-order valence-corrected chi connectivity index (χ1v) is 6.91. The number of carbonyl (C=O) groups is 1. The number of nitrogens with zero attached hydrogens (tertiary/aromatic N) is 1. The van der Waals surface area contributed by atoms with Crippen molar-refractivity contribution in [2.24, 2.45) is 0 Å². The van der Waals surface area contributed by atoms with E-state index >= 15 is 0 Å². The third-order valence-corrected chi connectivity index (χ3v) is 4.08. The van der Waals surface area contributed by atoms with Crippen LogP contribution >= 0.6 is 0 Å². The Hall–Kier alpha value is -1.49. The Bertz CT molecular complexity index is 465. The van der Waals surface area contributed by atoms with Crippen LogP contribution in [-0.4, -0.2) is 37.0 Å². The molecule has 2 rings (SSSR count). The Morgan fingerprint density at radius 1 is 1.15 bits per heavy atom. The highest BCUT2D eigenvalue weighted by Crippen LogP contribution is 2.23. The molecule has 1 aromatic carbocycles. The van der Waals surface area contributed by atoms with Gasteiger partial charge in [-0.25, -0.2) is 8.78 Å². The lowest BCUT2D eigenvalue weighted by molar-refractivity contribution is 0.0684. The maximum atomic E-state index is 13.2. The van der Waals surface area contributed by atoms with Gasteiger partial charge in [0.1, 0.15) is 11.6 Å². The van der Waals surface area contributed by atoms with Gasteiger partial charge in [-0.3, -0.25) is 4.79 Å². The van der Waals surface area contributed by atoms with E-state index in [-0.39, 0.29) is 17.5 Å². The number of hydrogen-bond donors (Lipinski definition) is 1. The molecule has 0 bridgehead atoms. The van der Waals surface area contributed by atoms with Gasteiger partial charge in [0.15, 0.2) is 0 Å². The van der Waals surface area contributed by atoms with Gasteiger partial charge in [0.2, 0.25) is 0 Å². The lowest BCUT2D eigenvalue weighted by Crippen LogP contribution is -2.42. The van der Waals surface area contributed by atoms with E-state index in [0.717, 1.165) is 43.9 Å². The summed E-state index contributed by atoms with van der Waals surface area (Å²) in [6, 6.07) is 3.58. The number of hydrogen-bond acceptors (Lipinski definition) is 2. The average Bonchev–Trinajstić information content (AvgIpc) is 2.45. The Balaban J connectivity index is 2.05. The molecule has 20 heavy (non-hydrogen) atoms. The summed E-state index contributed by atoms with van der Waals surface area (Å²) in [5.74, 6) is -1.77. The standard InChI is InChI=1S/C15H20F2N2O/c1-18-13-3-5-14(6-4-13)19(2)15(20)10-7-11(16)9-12(17)8-10/h7-9,13-14,18H,3-6H2,1-2H3.